The smallest absolute Gasteiger partial charge is 0.292 e. The van der Waals surface area contributed by atoms with Gasteiger partial charge in [0.05, 0.1) is 30.9 Å². The van der Waals surface area contributed by atoms with Crippen molar-refractivity contribution in [1.29, 1.82) is 0 Å². The van der Waals surface area contributed by atoms with Gasteiger partial charge >= 0.3 is 0 Å². The van der Waals surface area contributed by atoms with E-state index < -0.39 is 58.3 Å². The summed E-state index contributed by atoms with van der Waals surface area (Å²) in [7, 11) is -4.58. The minimum Gasteiger partial charge on any atom is -0.394 e. The predicted octanol–water partition coefficient (Wildman–Crippen LogP) is -2.87. The van der Waals surface area contributed by atoms with Crippen LogP contribution in [0.1, 0.15) is 20.3 Å². The Morgan fingerprint density at radius 3 is 2.46 bits per heavy atom. The lowest BCUT2D eigenvalue weighted by molar-refractivity contribution is -0.128. The Balaban J connectivity index is 3.28. The molecule has 0 spiro atoms. The number of nitrogens with zero attached hydrogens (tertiary/aromatic N) is 1. The molecule has 0 aromatic heterocycles. The quantitative estimate of drug-likeness (QED) is 0.162. The molecule has 1 saturated heterocycles. The molecule has 1 fully saturated rings. The molecule has 0 saturated carbocycles. The molecule has 11 nitrogen and oxygen atoms in total. The molecule has 1 aliphatic rings. The lowest BCUT2D eigenvalue weighted by atomic mass is 9.86. The van der Waals surface area contributed by atoms with Gasteiger partial charge in [0, 0.05) is 19.3 Å². The van der Waals surface area contributed by atoms with E-state index in [9.17, 15) is 22.9 Å². The molecule has 0 aliphatic carbocycles. The molecule has 1 heterocycles. The van der Waals surface area contributed by atoms with E-state index in [1.54, 1.807) is 0 Å². The van der Waals surface area contributed by atoms with Gasteiger partial charge in [-0.15, -0.1) is 0 Å². The van der Waals surface area contributed by atoms with Crippen LogP contribution in [0.5, 0.6) is 0 Å². The predicted molar refractivity (Wildman–Crippen MR) is 84.3 cm³/mol. The first-order valence-corrected chi connectivity index (χ1v) is 8.74. The summed E-state index contributed by atoms with van der Waals surface area (Å²) in [6.07, 6.45) is -2.60. The molecule has 12 heteroatoms. The second-order valence-electron chi connectivity index (χ2n) is 5.74. The van der Waals surface area contributed by atoms with Gasteiger partial charge in [-0.25, -0.2) is 4.99 Å². The Morgan fingerprint density at radius 2 is 2.04 bits per heavy atom. The SMILES string of the molecule is CC(=O)N[C@H]1[C@H]([C@H](C)[C@H](O)CO)O[C@H](S(=O)(=O)O)C[C@@H]1N=C(N)N. The van der Waals surface area contributed by atoms with Crippen LogP contribution in [0.25, 0.3) is 0 Å². The highest BCUT2D eigenvalue weighted by Crippen LogP contribution is 2.31. The van der Waals surface area contributed by atoms with Crippen molar-refractivity contribution >= 4 is 22.0 Å². The number of guanidine groups is 1. The van der Waals surface area contributed by atoms with Crippen LogP contribution >= 0.6 is 0 Å². The number of aliphatic imine (C=N–C) groups is 1. The molecule has 140 valence electrons. The second kappa shape index (κ2) is 8.07. The number of ether oxygens (including phenoxy) is 1. The number of aliphatic hydroxyl groups excluding tert-OH is 2. The summed E-state index contributed by atoms with van der Waals surface area (Å²) in [5.41, 5.74) is 9.07. The van der Waals surface area contributed by atoms with Crippen molar-refractivity contribution < 1.29 is 32.7 Å². The summed E-state index contributed by atoms with van der Waals surface area (Å²) in [5, 5.41) is 21.5. The van der Waals surface area contributed by atoms with Crippen molar-refractivity contribution in [3.63, 3.8) is 0 Å². The summed E-state index contributed by atoms with van der Waals surface area (Å²) >= 11 is 0. The number of nitrogens with one attached hydrogen (secondary N) is 1. The van der Waals surface area contributed by atoms with Crippen LogP contribution in [0.15, 0.2) is 4.99 Å². The third kappa shape index (κ3) is 5.27. The molecule has 0 unspecified atom stereocenters. The second-order valence-corrected chi connectivity index (χ2v) is 7.29. The molecule has 1 rings (SSSR count). The Bertz CT molecular complexity index is 578. The fourth-order valence-electron chi connectivity index (χ4n) is 2.64. The first-order chi connectivity index (χ1) is 11.0. The number of carbonyl (C=O) groups is 1. The molecular weight excluding hydrogens is 344 g/mol. The van der Waals surface area contributed by atoms with Crippen LogP contribution < -0.4 is 16.8 Å². The standard InChI is InChI=1S/C12H24N4O7S/c1-5(8(19)4-17)11-10(15-6(2)18)7(16-12(13)14)3-9(23-11)24(20,21)22/h5,7-11,17,19H,3-4H2,1-2H3,(H,15,18)(H4,13,14,16)(H,20,21,22)/t5-,7+,8-,9-,10-,11+/m1/s1. The van der Waals surface area contributed by atoms with Crippen LogP contribution in [0.2, 0.25) is 0 Å². The Labute approximate surface area is 139 Å². The maximum Gasteiger partial charge on any atom is 0.292 e. The van der Waals surface area contributed by atoms with E-state index >= 15 is 0 Å². The summed E-state index contributed by atoms with van der Waals surface area (Å²) in [6, 6.07) is -1.77. The largest absolute Gasteiger partial charge is 0.394 e. The maximum absolute atomic E-state index is 11.5. The molecule has 24 heavy (non-hydrogen) atoms. The molecule has 0 aromatic rings. The Kier molecular flexibility index (Phi) is 6.92. The van der Waals surface area contributed by atoms with E-state index in [-0.39, 0.29) is 12.4 Å². The van der Waals surface area contributed by atoms with Crippen molar-refractivity contribution in [2.45, 2.75) is 50.0 Å². The number of carbonyl (C=O) groups excluding carboxylic acids is 1. The number of aliphatic hydroxyl groups is 2. The van der Waals surface area contributed by atoms with Crippen LogP contribution in [-0.2, 0) is 19.6 Å². The van der Waals surface area contributed by atoms with Gasteiger partial charge in [0.15, 0.2) is 11.4 Å². The van der Waals surface area contributed by atoms with Crippen LogP contribution in [-0.4, -0.2) is 71.4 Å². The van der Waals surface area contributed by atoms with Gasteiger partial charge < -0.3 is 31.7 Å². The summed E-state index contributed by atoms with van der Waals surface area (Å²) in [5.74, 6) is -1.56. The Hall–Kier alpha value is -1.47. The van der Waals surface area contributed by atoms with Gasteiger partial charge in [0.25, 0.3) is 10.1 Å². The molecule has 1 amide bonds. The van der Waals surface area contributed by atoms with E-state index in [0.29, 0.717) is 0 Å². The molecule has 0 aromatic carbocycles. The Morgan fingerprint density at radius 1 is 1.46 bits per heavy atom. The van der Waals surface area contributed by atoms with Crippen molar-refractivity contribution in [3.8, 4) is 0 Å². The number of amides is 1. The monoisotopic (exact) mass is 368 g/mol. The summed E-state index contributed by atoms with van der Waals surface area (Å²) < 4.78 is 37.6. The van der Waals surface area contributed by atoms with Crippen LogP contribution in [0.3, 0.4) is 0 Å². The number of nitrogens with two attached hydrogens (primary N) is 2. The van der Waals surface area contributed by atoms with Crippen molar-refractivity contribution in [1.82, 2.24) is 5.32 Å². The first-order valence-electron chi connectivity index (χ1n) is 7.23. The lowest BCUT2D eigenvalue weighted by Crippen LogP contribution is -2.61. The van der Waals surface area contributed by atoms with Crippen LogP contribution in [0, 0.1) is 5.92 Å². The molecular formula is C12H24N4O7S. The van der Waals surface area contributed by atoms with Crippen molar-refractivity contribution in [3.05, 3.63) is 0 Å². The number of hydrogen-bond donors (Lipinski definition) is 6. The number of rotatable bonds is 6. The van der Waals surface area contributed by atoms with E-state index in [4.69, 9.17) is 21.3 Å². The third-order valence-corrected chi connectivity index (χ3v) is 4.81. The van der Waals surface area contributed by atoms with E-state index in [2.05, 4.69) is 10.3 Å². The van der Waals surface area contributed by atoms with Gasteiger partial charge in [-0.3, -0.25) is 9.35 Å². The third-order valence-electron chi connectivity index (χ3n) is 3.84. The highest BCUT2D eigenvalue weighted by atomic mass is 32.2. The fourth-order valence-corrected chi connectivity index (χ4v) is 3.35. The molecule has 6 atom stereocenters. The van der Waals surface area contributed by atoms with E-state index in [1.165, 1.54) is 13.8 Å². The van der Waals surface area contributed by atoms with E-state index in [0.717, 1.165) is 0 Å². The van der Waals surface area contributed by atoms with Gasteiger partial charge in [-0.1, -0.05) is 6.92 Å². The topological polar surface area (TPSA) is 198 Å². The zero-order chi connectivity index (χ0) is 18.7. The summed E-state index contributed by atoms with van der Waals surface area (Å²) in [4.78, 5) is 15.4. The maximum atomic E-state index is 11.5. The summed E-state index contributed by atoms with van der Waals surface area (Å²) in [6.45, 7) is 2.14. The highest BCUT2D eigenvalue weighted by Gasteiger charge is 2.47. The molecule has 1 aliphatic heterocycles. The normalized spacial score (nSPS) is 30.2. The highest BCUT2D eigenvalue weighted by molar-refractivity contribution is 7.86. The number of hydrogen-bond acceptors (Lipinski definition) is 7. The van der Waals surface area contributed by atoms with Gasteiger partial charge in [-0.2, -0.15) is 8.42 Å². The van der Waals surface area contributed by atoms with Gasteiger partial charge in [0.1, 0.15) is 0 Å². The molecule has 0 bridgehead atoms. The van der Waals surface area contributed by atoms with E-state index in [1.807, 2.05) is 0 Å². The minimum atomic E-state index is -4.58. The molecule has 8 N–H and O–H groups in total. The van der Waals surface area contributed by atoms with Gasteiger partial charge in [0.2, 0.25) is 5.91 Å². The zero-order valence-electron chi connectivity index (χ0n) is 13.4. The minimum absolute atomic E-state index is 0.292. The average molecular weight is 368 g/mol. The average Bonchev–Trinajstić information content (AvgIpc) is 2.45. The van der Waals surface area contributed by atoms with Crippen molar-refractivity contribution in [2.24, 2.45) is 22.4 Å². The van der Waals surface area contributed by atoms with Gasteiger partial charge in [-0.05, 0) is 0 Å². The molecule has 0 radical (unpaired) electrons. The van der Waals surface area contributed by atoms with Crippen molar-refractivity contribution in [2.75, 3.05) is 6.61 Å². The lowest BCUT2D eigenvalue weighted by Gasteiger charge is -2.43. The van der Waals surface area contributed by atoms with Crippen LogP contribution in [0.4, 0.5) is 0 Å². The first kappa shape index (κ1) is 20.6. The fraction of sp³-hybridized carbons (Fsp3) is 0.833. The zero-order valence-corrected chi connectivity index (χ0v) is 14.2.